The fourth-order valence-corrected chi connectivity index (χ4v) is 1.63. The minimum absolute atomic E-state index is 0.118. The highest BCUT2D eigenvalue weighted by Crippen LogP contribution is 2.26. The molecule has 2 N–H and O–H groups in total. The van der Waals surface area contributed by atoms with E-state index in [4.69, 9.17) is 5.11 Å². The zero-order valence-corrected chi connectivity index (χ0v) is 9.12. The van der Waals surface area contributed by atoms with Crippen LogP contribution in [0, 0.1) is 11.8 Å². The van der Waals surface area contributed by atoms with E-state index in [2.05, 4.69) is 19.2 Å². The highest BCUT2D eigenvalue weighted by Gasteiger charge is 2.26. The van der Waals surface area contributed by atoms with E-state index >= 15 is 0 Å². The van der Waals surface area contributed by atoms with Crippen LogP contribution in [-0.4, -0.2) is 23.7 Å². The van der Waals surface area contributed by atoms with E-state index in [1.165, 1.54) is 0 Å². The van der Waals surface area contributed by atoms with Crippen LogP contribution in [0.15, 0.2) is 0 Å². The van der Waals surface area contributed by atoms with Crippen LogP contribution in [0.25, 0.3) is 0 Å². The molecule has 82 valence electrons. The van der Waals surface area contributed by atoms with Crippen molar-refractivity contribution in [2.24, 2.45) is 11.8 Å². The summed E-state index contributed by atoms with van der Waals surface area (Å²) >= 11 is 0. The molecule has 1 aliphatic rings. The highest BCUT2D eigenvalue weighted by atomic mass is 16.3. The Balaban J connectivity index is 1.98. The Kier molecular flexibility index (Phi) is 4.39. The molecule has 3 heteroatoms. The molecule has 1 saturated carbocycles. The first kappa shape index (κ1) is 11.5. The highest BCUT2D eigenvalue weighted by molar-refractivity contribution is 5.75. The van der Waals surface area contributed by atoms with Gasteiger partial charge in [0, 0.05) is 13.0 Å². The van der Waals surface area contributed by atoms with Gasteiger partial charge in [0.25, 0.3) is 0 Å². The molecular weight excluding hydrogens is 178 g/mol. The molecule has 0 aliphatic heterocycles. The number of hydrogen-bond donors (Lipinski definition) is 2. The third kappa shape index (κ3) is 4.09. The first-order chi connectivity index (χ1) is 6.58. The summed E-state index contributed by atoms with van der Waals surface area (Å²) in [6.45, 7) is 4.99. The molecule has 0 atom stereocenters. The van der Waals surface area contributed by atoms with Crippen molar-refractivity contribution in [2.75, 3.05) is 6.54 Å². The van der Waals surface area contributed by atoms with Gasteiger partial charge in [0.05, 0.1) is 6.10 Å². The van der Waals surface area contributed by atoms with E-state index in [1.807, 2.05) is 0 Å². The maximum absolute atomic E-state index is 11.3. The number of aliphatic hydroxyl groups excluding tert-OH is 1. The number of carbonyl (C=O) groups is 1. The first-order valence-corrected chi connectivity index (χ1v) is 5.52. The number of nitrogens with one attached hydrogen (secondary N) is 1. The second kappa shape index (κ2) is 5.35. The summed E-state index contributed by atoms with van der Waals surface area (Å²) in [5, 5.41) is 12.0. The van der Waals surface area contributed by atoms with Crippen LogP contribution < -0.4 is 5.32 Å². The first-order valence-electron chi connectivity index (χ1n) is 5.52. The van der Waals surface area contributed by atoms with E-state index in [9.17, 15) is 4.79 Å². The summed E-state index contributed by atoms with van der Waals surface area (Å²) in [6.07, 6.45) is 3.17. The Labute approximate surface area is 85.9 Å². The molecule has 1 fully saturated rings. The molecule has 0 bridgehead atoms. The zero-order chi connectivity index (χ0) is 10.6. The van der Waals surface area contributed by atoms with E-state index in [1.54, 1.807) is 0 Å². The predicted molar refractivity (Wildman–Crippen MR) is 55.8 cm³/mol. The molecule has 14 heavy (non-hydrogen) atoms. The molecular formula is C11H21NO2. The van der Waals surface area contributed by atoms with Crippen LogP contribution in [0.5, 0.6) is 0 Å². The Morgan fingerprint density at radius 3 is 2.64 bits per heavy atom. The quantitative estimate of drug-likeness (QED) is 0.701. The topological polar surface area (TPSA) is 49.3 Å². The minimum Gasteiger partial charge on any atom is -0.393 e. The van der Waals surface area contributed by atoms with Gasteiger partial charge in [-0.2, -0.15) is 0 Å². The van der Waals surface area contributed by atoms with E-state index < -0.39 is 0 Å². The lowest BCUT2D eigenvalue weighted by atomic mass is 9.82. The Bertz CT molecular complexity index is 186. The monoisotopic (exact) mass is 199 g/mol. The van der Waals surface area contributed by atoms with Crippen molar-refractivity contribution in [1.82, 2.24) is 5.32 Å². The van der Waals surface area contributed by atoms with Crippen molar-refractivity contribution in [1.29, 1.82) is 0 Å². The number of rotatable bonds is 5. The van der Waals surface area contributed by atoms with Gasteiger partial charge in [-0.25, -0.2) is 0 Å². The van der Waals surface area contributed by atoms with Crippen molar-refractivity contribution >= 4 is 5.91 Å². The zero-order valence-electron chi connectivity index (χ0n) is 9.12. The van der Waals surface area contributed by atoms with Crippen LogP contribution in [0.1, 0.15) is 39.5 Å². The molecule has 0 aromatic rings. The van der Waals surface area contributed by atoms with E-state index in [0.717, 1.165) is 25.8 Å². The molecule has 1 amide bonds. The third-order valence-corrected chi connectivity index (χ3v) is 2.75. The standard InChI is InChI=1S/C11H21NO2/c1-8(2)3-4-11(14)12-7-9-5-10(13)6-9/h8-10,13H,3-7H2,1-2H3,(H,12,14). The van der Waals surface area contributed by atoms with Gasteiger partial charge in [0.1, 0.15) is 0 Å². The second-order valence-corrected chi connectivity index (χ2v) is 4.73. The largest absolute Gasteiger partial charge is 0.393 e. The minimum atomic E-state index is -0.118. The normalized spacial score (nSPS) is 26.0. The number of aliphatic hydroxyl groups is 1. The van der Waals surface area contributed by atoms with Gasteiger partial charge < -0.3 is 10.4 Å². The third-order valence-electron chi connectivity index (χ3n) is 2.75. The molecule has 0 saturated heterocycles. The lowest BCUT2D eigenvalue weighted by Gasteiger charge is -2.31. The van der Waals surface area contributed by atoms with Crippen LogP contribution >= 0.6 is 0 Å². The van der Waals surface area contributed by atoms with Crippen molar-refractivity contribution < 1.29 is 9.90 Å². The van der Waals surface area contributed by atoms with Crippen LogP contribution in [0.4, 0.5) is 0 Å². The van der Waals surface area contributed by atoms with Gasteiger partial charge >= 0.3 is 0 Å². The summed E-state index contributed by atoms with van der Waals surface area (Å²) in [7, 11) is 0. The van der Waals surface area contributed by atoms with Crippen LogP contribution in [0.3, 0.4) is 0 Å². The molecule has 0 spiro atoms. The van der Waals surface area contributed by atoms with Gasteiger partial charge in [-0.05, 0) is 31.1 Å². The molecule has 0 heterocycles. The van der Waals surface area contributed by atoms with Crippen molar-refractivity contribution in [2.45, 2.75) is 45.6 Å². The number of carbonyl (C=O) groups excluding carboxylic acids is 1. The van der Waals surface area contributed by atoms with Gasteiger partial charge in [-0.1, -0.05) is 13.8 Å². The average Bonchev–Trinajstić information content (AvgIpc) is 2.07. The molecule has 3 nitrogen and oxygen atoms in total. The van der Waals surface area contributed by atoms with Gasteiger partial charge in [-0.3, -0.25) is 4.79 Å². The maximum atomic E-state index is 11.3. The summed E-state index contributed by atoms with van der Waals surface area (Å²) < 4.78 is 0. The van der Waals surface area contributed by atoms with E-state index in [-0.39, 0.29) is 12.0 Å². The Morgan fingerprint density at radius 2 is 2.14 bits per heavy atom. The van der Waals surface area contributed by atoms with Crippen LogP contribution in [0.2, 0.25) is 0 Å². The maximum Gasteiger partial charge on any atom is 0.220 e. The van der Waals surface area contributed by atoms with Gasteiger partial charge in [-0.15, -0.1) is 0 Å². The Hall–Kier alpha value is -0.570. The molecule has 0 radical (unpaired) electrons. The van der Waals surface area contributed by atoms with Crippen molar-refractivity contribution in [3.8, 4) is 0 Å². The Morgan fingerprint density at radius 1 is 1.50 bits per heavy atom. The van der Waals surface area contributed by atoms with Gasteiger partial charge in [0.2, 0.25) is 5.91 Å². The summed E-state index contributed by atoms with van der Waals surface area (Å²) in [5.41, 5.74) is 0. The van der Waals surface area contributed by atoms with Crippen molar-refractivity contribution in [3.05, 3.63) is 0 Å². The lowest BCUT2D eigenvalue weighted by Crippen LogP contribution is -2.38. The lowest BCUT2D eigenvalue weighted by molar-refractivity contribution is -0.121. The molecule has 0 unspecified atom stereocenters. The summed E-state index contributed by atoms with van der Waals surface area (Å²) in [4.78, 5) is 11.3. The smallest absolute Gasteiger partial charge is 0.220 e. The predicted octanol–water partition coefficient (Wildman–Crippen LogP) is 1.31. The van der Waals surface area contributed by atoms with Crippen LogP contribution in [-0.2, 0) is 4.79 Å². The van der Waals surface area contributed by atoms with Gasteiger partial charge in [0.15, 0.2) is 0 Å². The fourth-order valence-electron chi connectivity index (χ4n) is 1.63. The van der Waals surface area contributed by atoms with Crippen molar-refractivity contribution in [3.63, 3.8) is 0 Å². The SMILES string of the molecule is CC(C)CCC(=O)NCC1CC(O)C1. The molecule has 1 rings (SSSR count). The number of hydrogen-bond acceptors (Lipinski definition) is 2. The summed E-state index contributed by atoms with van der Waals surface area (Å²) in [6, 6.07) is 0. The molecule has 0 aromatic heterocycles. The number of amides is 1. The summed E-state index contributed by atoms with van der Waals surface area (Å²) in [5.74, 6) is 1.25. The average molecular weight is 199 g/mol. The second-order valence-electron chi connectivity index (χ2n) is 4.73. The molecule has 0 aromatic carbocycles. The van der Waals surface area contributed by atoms with E-state index in [0.29, 0.717) is 18.3 Å². The molecule has 1 aliphatic carbocycles. The fraction of sp³-hybridized carbons (Fsp3) is 0.909.